The molecule has 2 heterocycles. The number of hydrogen-bond acceptors (Lipinski definition) is 5. The number of aryl methyl sites for hydroxylation is 1. The summed E-state index contributed by atoms with van der Waals surface area (Å²) in [5.74, 6) is -0.321. The number of halogens is 1. The fourth-order valence-electron chi connectivity index (χ4n) is 4.38. The largest absolute Gasteiger partial charge is 0.434 e. The maximum absolute atomic E-state index is 13.0. The fourth-order valence-corrected chi connectivity index (χ4v) is 4.54. The molecule has 0 saturated heterocycles. The Kier molecular flexibility index (Phi) is 13.8. The molecule has 220 valence electrons. The van der Waals surface area contributed by atoms with E-state index in [0.29, 0.717) is 41.4 Å². The van der Waals surface area contributed by atoms with E-state index in [4.69, 9.17) is 21.0 Å². The Morgan fingerprint density at radius 2 is 2.02 bits per heavy atom. The standard InChI is InChI=1S/C29H32ClN5O3.C2H4.C2H2/c1-4-6-16-31-27(36)19-10-7-12-22(24(17-19)28-34-35-29(37)38-28)21-13-8-11-20(30)14-15-23(21)26-32-18(3)25(33-26)9-5-2;2*1-2/h5,8-10,12-15,17,21H,4,6-7,11,16H2,1-3H3,(H,31,36)(H,32,33)(H,35,37);1-2H2;1-2H/b9-5-,13-8?,20-14+,23-15+;;. The number of imidazole rings is 1. The Labute approximate surface area is 252 Å². The zero-order valence-corrected chi connectivity index (χ0v) is 25.1. The summed E-state index contributed by atoms with van der Waals surface area (Å²) in [5.41, 5.74) is 4.54. The van der Waals surface area contributed by atoms with Gasteiger partial charge >= 0.3 is 5.76 Å². The fraction of sp³-hybridized carbons (Fsp3) is 0.273. The molecule has 9 heteroatoms. The quantitative estimate of drug-likeness (QED) is 0.178. The van der Waals surface area contributed by atoms with Gasteiger partial charge < -0.3 is 14.7 Å². The van der Waals surface area contributed by atoms with Crippen molar-refractivity contribution in [1.82, 2.24) is 25.5 Å². The Hall–Kier alpha value is -4.61. The topological polar surface area (TPSA) is 117 Å². The van der Waals surface area contributed by atoms with Gasteiger partial charge in [-0.2, -0.15) is 0 Å². The molecule has 2 aliphatic rings. The molecule has 0 spiro atoms. The van der Waals surface area contributed by atoms with Crippen LogP contribution in [0.5, 0.6) is 0 Å². The van der Waals surface area contributed by atoms with Gasteiger partial charge in [-0.3, -0.25) is 4.79 Å². The third kappa shape index (κ3) is 8.69. The first-order valence-corrected chi connectivity index (χ1v) is 14.0. The monoisotopic (exact) mass is 587 g/mol. The van der Waals surface area contributed by atoms with Gasteiger partial charge in [0.2, 0.25) is 5.89 Å². The van der Waals surface area contributed by atoms with E-state index in [0.717, 1.165) is 35.4 Å². The van der Waals surface area contributed by atoms with Crippen molar-refractivity contribution in [2.45, 2.75) is 46.5 Å². The third-order valence-electron chi connectivity index (χ3n) is 6.31. The molecule has 0 saturated carbocycles. The van der Waals surface area contributed by atoms with Crippen LogP contribution in [0.15, 0.2) is 87.2 Å². The summed E-state index contributed by atoms with van der Waals surface area (Å²) in [4.78, 5) is 33.1. The van der Waals surface area contributed by atoms with E-state index in [-0.39, 0.29) is 17.7 Å². The van der Waals surface area contributed by atoms with E-state index in [1.165, 1.54) is 0 Å². The number of aromatic nitrogens is 4. The number of H-pyrrole nitrogens is 2. The number of carbonyl (C=O) groups excluding carboxylic acids is 1. The summed E-state index contributed by atoms with van der Waals surface area (Å²) in [6, 6.07) is 0. The van der Waals surface area contributed by atoms with Crippen LogP contribution in [-0.2, 0) is 4.79 Å². The molecule has 0 aliphatic heterocycles. The lowest BCUT2D eigenvalue weighted by Gasteiger charge is -2.21. The summed E-state index contributed by atoms with van der Waals surface area (Å²) in [7, 11) is 0. The summed E-state index contributed by atoms with van der Waals surface area (Å²) in [6.45, 7) is 12.6. The van der Waals surface area contributed by atoms with Gasteiger partial charge in [0.1, 0.15) is 5.82 Å². The molecule has 42 heavy (non-hydrogen) atoms. The van der Waals surface area contributed by atoms with Crippen LogP contribution in [0.4, 0.5) is 0 Å². The zero-order chi connectivity index (χ0) is 31.1. The van der Waals surface area contributed by atoms with E-state index >= 15 is 0 Å². The molecule has 1 unspecified atom stereocenters. The molecular formula is C33H38ClN5O3. The Balaban J connectivity index is 0.00000148. The van der Waals surface area contributed by atoms with Crippen molar-refractivity contribution in [3.63, 3.8) is 0 Å². The molecule has 3 N–H and O–H groups in total. The molecule has 0 aromatic carbocycles. The van der Waals surface area contributed by atoms with Crippen LogP contribution in [0.1, 0.15) is 62.6 Å². The first-order valence-electron chi connectivity index (χ1n) is 13.6. The second kappa shape index (κ2) is 17.3. The SMILES string of the molecule is C#C.C/C=C\c1nc(/C2=C/C=C(/Cl)CC=CC2C2=CCC=C(C(=O)NCCCC)C=C2c2n[nH]c(=O)o2)[nH]c1C.C=C. The third-order valence-corrected chi connectivity index (χ3v) is 6.59. The molecule has 1 atom stereocenters. The van der Waals surface area contributed by atoms with Gasteiger partial charge in [0.15, 0.2) is 0 Å². The summed E-state index contributed by atoms with van der Waals surface area (Å²) >= 11 is 6.41. The van der Waals surface area contributed by atoms with Crippen LogP contribution in [0.25, 0.3) is 17.2 Å². The van der Waals surface area contributed by atoms with E-state index in [1.807, 2.05) is 56.4 Å². The Bertz CT molecular complexity index is 1520. The van der Waals surface area contributed by atoms with Crippen LogP contribution in [0, 0.1) is 25.7 Å². The number of nitrogens with one attached hydrogen (secondary N) is 3. The van der Waals surface area contributed by atoms with Crippen molar-refractivity contribution in [2.75, 3.05) is 6.54 Å². The van der Waals surface area contributed by atoms with Crippen molar-refractivity contribution in [1.29, 1.82) is 0 Å². The average Bonchev–Trinajstić information content (AvgIpc) is 3.50. The molecule has 2 aromatic rings. The van der Waals surface area contributed by atoms with E-state index in [1.54, 1.807) is 6.08 Å². The van der Waals surface area contributed by atoms with Crippen molar-refractivity contribution >= 4 is 34.7 Å². The summed E-state index contributed by atoms with van der Waals surface area (Å²) in [5, 5.41) is 10.1. The Morgan fingerprint density at radius 3 is 2.69 bits per heavy atom. The highest BCUT2D eigenvalue weighted by Gasteiger charge is 2.28. The van der Waals surface area contributed by atoms with Gasteiger partial charge in [0, 0.05) is 46.3 Å². The molecule has 0 radical (unpaired) electrons. The van der Waals surface area contributed by atoms with Crippen LogP contribution in [-0.4, -0.2) is 32.6 Å². The minimum atomic E-state index is -0.668. The second-order valence-electron chi connectivity index (χ2n) is 9.08. The van der Waals surface area contributed by atoms with Gasteiger partial charge in [-0.05, 0) is 50.5 Å². The van der Waals surface area contributed by atoms with Crippen molar-refractivity contribution in [2.24, 2.45) is 5.92 Å². The van der Waals surface area contributed by atoms with Crippen molar-refractivity contribution < 1.29 is 9.21 Å². The lowest BCUT2D eigenvalue weighted by atomic mass is 9.83. The lowest BCUT2D eigenvalue weighted by molar-refractivity contribution is -0.117. The van der Waals surface area contributed by atoms with Gasteiger partial charge in [-0.15, -0.1) is 31.1 Å². The van der Waals surface area contributed by atoms with Crippen molar-refractivity contribution in [3.8, 4) is 12.8 Å². The number of nitrogens with zero attached hydrogens (tertiary/aromatic N) is 2. The van der Waals surface area contributed by atoms with Gasteiger partial charge in [-0.25, -0.2) is 14.9 Å². The predicted molar refractivity (Wildman–Crippen MR) is 172 cm³/mol. The Morgan fingerprint density at radius 1 is 1.26 bits per heavy atom. The number of amides is 1. The second-order valence-corrected chi connectivity index (χ2v) is 9.57. The number of allylic oxidation sites excluding steroid dienone is 11. The zero-order valence-electron chi connectivity index (χ0n) is 24.4. The van der Waals surface area contributed by atoms with Gasteiger partial charge in [-0.1, -0.05) is 61.4 Å². The van der Waals surface area contributed by atoms with Crippen LogP contribution in [0.3, 0.4) is 0 Å². The smallest absolute Gasteiger partial charge is 0.388 e. The first-order chi connectivity index (χ1) is 20.4. The number of rotatable bonds is 8. The minimum absolute atomic E-state index is 0.115. The molecule has 1 amide bonds. The lowest BCUT2D eigenvalue weighted by Crippen LogP contribution is -2.25. The number of hydrogen-bond donors (Lipinski definition) is 3. The van der Waals surface area contributed by atoms with Gasteiger partial charge in [0.25, 0.3) is 5.91 Å². The number of terminal acetylenes is 1. The number of aromatic amines is 2. The van der Waals surface area contributed by atoms with Crippen LogP contribution < -0.4 is 11.1 Å². The maximum Gasteiger partial charge on any atom is 0.434 e. The van der Waals surface area contributed by atoms with E-state index in [9.17, 15) is 9.59 Å². The molecule has 2 aromatic heterocycles. The molecule has 8 nitrogen and oxygen atoms in total. The highest BCUT2D eigenvalue weighted by molar-refractivity contribution is 6.29. The highest BCUT2D eigenvalue weighted by atomic mass is 35.5. The molecular weight excluding hydrogens is 550 g/mol. The van der Waals surface area contributed by atoms with Crippen molar-refractivity contribution in [3.05, 3.63) is 112 Å². The summed E-state index contributed by atoms with van der Waals surface area (Å²) < 4.78 is 5.40. The van der Waals surface area contributed by atoms with Crippen LogP contribution >= 0.6 is 11.6 Å². The van der Waals surface area contributed by atoms with Crippen LogP contribution in [0.2, 0.25) is 0 Å². The molecule has 4 rings (SSSR count). The summed E-state index contributed by atoms with van der Waals surface area (Å²) in [6.07, 6.45) is 28.4. The number of unbranched alkanes of at least 4 members (excludes halogenated alkanes) is 1. The van der Waals surface area contributed by atoms with E-state index < -0.39 is 5.76 Å². The first kappa shape index (κ1) is 33.6. The maximum atomic E-state index is 13.0. The minimum Gasteiger partial charge on any atom is -0.388 e. The normalized spacial score (nSPS) is 19.0. The molecule has 0 bridgehead atoms. The van der Waals surface area contributed by atoms with E-state index in [2.05, 4.69) is 59.5 Å². The van der Waals surface area contributed by atoms with Gasteiger partial charge in [0.05, 0.1) is 5.69 Å². The highest BCUT2D eigenvalue weighted by Crippen LogP contribution is 2.40. The molecule has 2 aliphatic carbocycles. The average molecular weight is 588 g/mol. The molecule has 0 fully saturated rings. The predicted octanol–water partition coefficient (Wildman–Crippen LogP) is 6.82. The number of carbonyl (C=O) groups is 1.